The minimum absolute atomic E-state index is 0.125. The van der Waals surface area contributed by atoms with Crippen LogP contribution < -0.4 is 10.1 Å². The number of rotatable bonds is 1. The van der Waals surface area contributed by atoms with E-state index in [1.165, 1.54) is 17.0 Å². The maximum Gasteiger partial charge on any atom is 0.258 e. The molecule has 0 saturated heterocycles. The molecule has 1 aliphatic heterocycles. The summed E-state index contributed by atoms with van der Waals surface area (Å²) in [4.78, 5) is 27.4. The van der Waals surface area contributed by atoms with Crippen molar-refractivity contribution in [3.63, 3.8) is 0 Å². The number of carbonyl (C=O) groups is 2. The molecule has 3 rings (SSSR count). The summed E-state index contributed by atoms with van der Waals surface area (Å²) in [6.45, 7) is 3.63. The first kappa shape index (κ1) is 21.6. The minimum Gasteiger partial charge on any atom is -0.490 e. The van der Waals surface area contributed by atoms with Crippen LogP contribution in [0.2, 0.25) is 0 Å². The van der Waals surface area contributed by atoms with Gasteiger partial charge in [0, 0.05) is 13.5 Å². The van der Waals surface area contributed by atoms with Gasteiger partial charge in [-0.1, -0.05) is 36.4 Å². The first-order chi connectivity index (χ1) is 14.4. The highest BCUT2D eigenvalue weighted by Crippen LogP contribution is 2.24. The fourth-order valence-electron chi connectivity index (χ4n) is 3.34. The Morgan fingerprint density at radius 2 is 1.67 bits per heavy atom. The summed E-state index contributed by atoms with van der Waals surface area (Å²) in [7, 11) is 1.60. The van der Waals surface area contributed by atoms with Crippen LogP contribution >= 0.6 is 0 Å². The molecule has 6 heteroatoms. The first-order valence-electron chi connectivity index (χ1n) is 10.1. The number of fused-ring (bicyclic) bond motifs is 1. The average molecular weight is 410 g/mol. The molecule has 0 aromatic heterocycles. The second-order valence-electron chi connectivity index (χ2n) is 7.57. The summed E-state index contributed by atoms with van der Waals surface area (Å²) in [6.07, 6.45) is 5.06. The molecule has 5 nitrogen and oxygen atoms in total. The molecule has 1 N–H and O–H groups in total. The molecule has 3 atom stereocenters. The Bertz CT molecular complexity index is 926. The van der Waals surface area contributed by atoms with Crippen molar-refractivity contribution >= 4 is 11.8 Å². The lowest BCUT2D eigenvalue weighted by Crippen LogP contribution is -2.47. The molecule has 2 aromatic rings. The molecular weight excluding hydrogens is 383 g/mol. The topological polar surface area (TPSA) is 58.6 Å². The van der Waals surface area contributed by atoms with Crippen molar-refractivity contribution in [2.75, 3.05) is 7.05 Å². The van der Waals surface area contributed by atoms with Gasteiger partial charge in [0.2, 0.25) is 5.91 Å². The van der Waals surface area contributed by atoms with Gasteiger partial charge in [0.1, 0.15) is 17.6 Å². The second-order valence-corrected chi connectivity index (χ2v) is 7.57. The van der Waals surface area contributed by atoms with Gasteiger partial charge in [-0.05, 0) is 50.1 Å². The largest absolute Gasteiger partial charge is 0.490 e. The summed E-state index contributed by atoms with van der Waals surface area (Å²) in [5, 5.41) is 3.00. The predicted molar refractivity (Wildman–Crippen MR) is 114 cm³/mol. The van der Waals surface area contributed by atoms with E-state index in [4.69, 9.17) is 4.74 Å². The molecule has 1 heterocycles. The predicted octanol–water partition coefficient (Wildman–Crippen LogP) is 4.26. The zero-order valence-corrected chi connectivity index (χ0v) is 17.5. The molecule has 2 amide bonds. The van der Waals surface area contributed by atoms with Crippen LogP contribution in [0, 0.1) is 5.82 Å². The Kier molecular flexibility index (Phi) is 6.87. The van der Waals surface area contributed by atoms with E-state index < -0.39 is 6.04 Å². The Labute approximate surface area is 176 Å². The number of nitrogens with zero attached hydrogens (tertiary/aromatic N) is 1. The minimum atomic E-state index is -0.696. The van der Waals surface area contributed by atoms with E-state index in [1.54, 1.807) is 44.3 Å². The monoisotopic (exact) mass is 410 g/mol. The van der Waals surface area contributed by atoms with E-state index in [2.05, 4.69) is 5.32 Å². The molecule has 158 valence electrons. The van der Waals surface area contributed by atoms with Crippen LogP contribution in [0.25, 0.3) is 0 Å². The quantitative estimate of drug-likeness (QED) is 0.715. The lowest BCUT2D eigenvalue weighted by atomic mass is 10.0. The molecule has 2 aromatic carbocycles. The van der Waals surface area contributed by atoms with Gasteiger partial charge in [-0.25, -0.2) is 4.39 Å². The van der Waals surface area contributed by atoms with Crippen LogP contribution in [0.1, 0.15) is 48.7 Å². The normalized spacial score (nSPS) is 24.3. The van der Waals surface area contributed by atoms with Gasteiger partial charge in [-0.3, -0.25) is 9.59 Å². The molecule has 0 fully saturated rings. The third-order valence-electron chi connectivity index (χ3n) is 5.32. The number of halogens is 1. The number of hydrogen-bond donors (Lipinski definition) is 1. The fourth-order valence-corrected chi connectivity index (χ4v) is 3.34. The number of ether oxygens (including phenoxy) is 1. The lowest BCUT2D eigenvalue weighted by molar-refractivity contribution is -0.125. The van der Waals surface area contributed by atoms with Gasteiger partial charge < -0.3 is 15.0 Å². The molecule has 0 unspecified atom stereocenters. The Morgan fingerprint density at radius 3 is 2.40 bits per heavy atom. The zero-order chi connectivity index (χ0) is 21.7. The van der Waals surface area contributed by atoms with Crippen LogP contribution in [0.3, 0.4) is 0 Å². The van der Waals surface area contributed by atoms with E-state index >= 15 is 0 Å². The Balaban J connectivity index is 1.92. The van der Waals surface area contributed by atoms with Crippen molar-refractivity contribution < 1.29 is 18.7 Å². The second kappa shape index (κ2) is 9.57. The van der Waals surface area contributed by atoms with Crippen molar-refractivity contribution in [2.24, 2.45) is 0 Å². The summed E-state index contributed by atoms with van der Waals surface area (Å²) in [5.74, 6) is -0.391. The molecule has 1 aliphatic rings. The molecular formula is C24H27FN2O3. The van der Waals surface area contributed by atoms with Crippen LogP contribution in [0.5, 0.6) is 5.75 Å². The fraction of sp³-hybridized carbons (Fsp3) is 0.333. The standard InChI is InChI=1S/C24H27FN2O3/c1-16-8-4-6-10-21(18-12-14-19(25)15-13-18)26-23(28)17(2)27(3)24(29)20-9-5-7-11-22(20)30-16/h4-7,9,11-17,21H,8,10H2,1-3H3,(H,26,28)/b6-4-/t16-,17+,21+/m1/s1. The maximum atomic E-state index is 13.3. The number of hydrogen-bond acceptors (Lipinski definition) is 3. The highest BCUT2D eigenvalue weighted by Gasteiger charge is 2.27. The van der Waals surface area contributed by atoms with Crippen LogP contribution in [-0.4, -0.2) is 35.9 Å². The molecule has 0 spiro atoms. The summed E-state index contributed by atoms with van der Waals surface area (Å²) < 4.78 is 19.3. The van der Waals surface area contributed by atoms with Gasteiger partial charge in [0.25, 0.3) is 5.91 Å². The van der Waals surface area contributed by atoms with Gasteiger partial charge in [-0.2, -0.15) is 0 Å². The van der Waals surface area contributed by atoms with E-state index in [9.17, 15) is 14.0 Å². The van der Waals surface area contributed by atoms with Crippen molar-refractivity contribution in [2.45, 2.75) is 44.9 Å². The third-order valence-corrected chi connectivity index (χ3v) is 5.32. The van der Waals surface area contributed by atoms with Crippen LogP contribution in [0.4, 0.5) is 4.39 Å². The number of nitrogens with one attached hydrogen (secondary N) is 1. The SMILES string of the molecule is C[C@@H]1C/C=C\C[C@@H](c2ccc(F)cc2)NC(=O)[C@H](C)N(C)C(=O)c2ccccc2O1. The van der Waals surface area contributed by atoms with E-state index in [0.29, 0.717) is 24.2 Å². The van der Waals surface area contributed by atoms with E-state index in [-0.39, 0.29) is 29.8 Å². The maximum absolute atomic E-state index is 13.3. The van der Waals surface area contributed by atoms with E-state index in [0.717, 1.165) is 5.56 Å². The number of para-hydroxylation sites is 1. The third kappa shape index (κ3) is 5.06. The molecule has 0 saturated carbocycles. The van der Waals surface area contributed by atoms with Crippen molar-refractivity contribution in [3.8, 4) is 5.75 Å². The van der Waals surface area contributed by atoms with Gasteiger partial charge >= 0.3 is 0 Å². The molecule has 0 aliphatic carbocycles. The van der Waals surface area contributed by atoms with Crippen molar-refractivity contribution in [1.82, 2.24) is 10.2 Å². The summed E-state index contributed by atoms with van der Waals surface area (Å²) in [5.41, 5.74) is 1.22. The number of benzene rings is 2. The molecule has 0 radical (unpaired) electrons. The van der Waals surface area contributed by atoms with Crippen molar-refractivity contribution in [3.05, 3.63) is 77.6 Å². The smallest absolute Gasteiger partial charge is 0.258 e. The molecule has 30 heavy (non-hydrogen) atoms. The lowest BCUT2D eigenvalue weighted by Gasteiger charge is -2.28. The number of carbonyl (C=O) groups excluding carboxylic acids is 2. The average Bonchev–Trinajstić information content (AvgIpc) is 2.74. The van der Waals surface area contributed by atoms with E-state index in [1.807, 2.05) is 25.1 Å². The van der Waals surface area contributed by atoms with Crippen molar-refractivity contribution in [1.29, 1.82) is 0 Å². The van der Waals surface area contributed by atoms with Crippen LogP contribution in [0.15, 0.2) is 60.7 Å². The number of amides is 2. The van der Waals surface area contributed by atoms with Gasteiger partial charge in [-0.15, -0.1) is 0 Å². The number of likely N-dealkylation sites (N-methyl/N-ethyl adjacent to an activating group) is 1. The summed E-state index contributed by atoms with van der Waals surface area (Å²) in [6, 6.07) is 12.1. The van der Waals surface area contributed by atoms with Gasteiger partial charge in [0.05, 0.1) is 17.7 Å². The highest BCUT2D eigenvalue weighted by molar-refractivity contribution is 5.99. The Hall–Kier alpha value is -3.15. The molecule has 0 bridgehead atoms. The van der Waals surface area contributed by atoms with Gasteiger partial charge in [0.15, 0.2) is 0 Å². The van der Waals surface area contributed by atoms with Crippen LogP contribution in [-0.2, 0) is 4.79 Å². The Morgan fingerprint density at radius 1 is 1.00 bits per heavy atom. The zero-order valence-electron chi connectivity index (χ0n) is 17.5. The first-order valence-corrected chi connectivity index (χ1v) is 10.1. The highest BCUT2D eigenvalue weighted by atomic mass is 19.1. The summed E-state index contributed by atoms with van der Waals surface area (Å²) >= 11 is 0.